The molecule has 1 aliphatic heterocycles. The van der Waals surface area contributed by atoms with Crippen LogP contribution < -0.4 is 0 Å². The minimum absolute atomic E-state index is 0.186. The lowest BCUT2D eigenvalue weighted by Gasteiger charge is -2.36. The van der Waals surface area contributed by atoms with Crippen LogP contribution in [-0.4, -0.2) is 23.2 Å². The summed E-state index contributed by atoms with van der Waals surface area (Å²) < 4.78 is 5.57. The first kappa shape index (κ1) is 14.5. The Balaban J connectivity index is 2.14. The van der Waals surface area contributed by atoms with Crippen molar-refractivity contribution in [1.29, 1.82) is 0 Å². The van der Waals surface area contributed by atoms with Crippen LogP contribution in [0.25, 0.3) is 0 Å². The van der Waals surface area contributed by atoms with E-state index in [-0.39, 0.29) is 5.41 Å². The van der Waals surface area contributed by atoms with E-state index < -0.39 is 0 Å². The third-order valence-electron chi connectivity index (χ3n) is 4.21. The van der Waals surface area contributed by atoms with E-state index in [4.69, 9.17) is 21.3 Å². The molecule has 0 radical (unpaired) electrons. The third-order valence-corrected chi connectivity index (χ3v) is 4.40. The fourth-order valence-corrected chi connectivity index (χ4v) is 3.18. The maximum Gasteiger partial charge on any atom is 0.141 e. The second-order valence-electron chi connectivity index (χ2n) is 5.42. The number of aromatic nitrogens is 2. The van der Waals surface area contributed by atoms with E-state index >= 15 is 0 Å². The molecule has 0 saturated carbocycles. The zero-order chi connectivity index (χ0) is 14.7. The minimum atomic E-state index is -0.186. The molecule has 4 heteroatoms. The van der Waals surface area contributed by atoms with E-state index in [1.54, 1.807) is 0 Å². The van der Waals surface area contributed by atoms with Crippen molar-refractivity contribution in [1.82, 2.24) is 9.97 Å². The van der Waals surface area contributed by atoms with E-state index in [9.17, 15) is 0 Å². The Morgan fingerprint density at radius 2 is 1.86 bits per heavy atom. The quantitative estimate of drug-likeness (QED) is 0.809. The van der Waals surface area contributed by atoms with Gasteiger partial charge in [-0.05, 0) is 30.9 Å². The van der Waals surface area contributed by atoms with Crippen LogP contribution in [-0.2, 0) is 16.6 Å². The monoisotopic (exact) mass is 302 g/mol. The Hall–Kier alpha value is -1.45. The molecule has 3 nitrogen and oxygen atoms in total. The molecule has 3 rings (SSSR count). The Bertz CT molecular complexity index is 609. The molecule has 0 aliphatic carbocycles. The first-order valence-corrected chi connectivity index (χ1v) is 7.79. The third kappa shape index (κ3) is 2.81. The van der Waals surface area contributed by atoms with E-state index in [1.807, 2.05) is 12.1 Å². The number of aryl methyl sites for hydroxylation is 1. The highest BCUT2D eigenvalue weighted by Gasteiger charge is 2.39. The van der Waals surface area contributed by atoms with Crippen LogP contribution in [0.5, 0.6) is 0 Å². The van der Waals surface area contributed by atoms with Gasteiger partial charge in [-0.2, -0.15) is 0 Å². The smallest absolute Gasteiger partial charge is 0.141 e. The highest BCUT2D eigenvalue weighted by Crippen LogP contribution is 2.39. The molecule has 2 heterocycles. The van der Waals surface area contributed by atoms with Gasteiger partial charge in [-0.1, -0.05) is 48.9 Å². The van der Waals surface area contributed by atoms with Crippen LogP contribution in [0.1, 0.15) is 36.8 Å². The molecule has 0 atom stereocenters. The van der Waals surface area contributed by atoms with E-state index in [0.29, 0.717) is 5.15 Å². The number of rotatable bonds is 3. The minimum Gasteiger partial charge on any atom is -0.381 e. The summed E-state index contributed by atoms with van der Waals surface area (Å²) >= 11 is 6.22. The Kier molecular flexibility index (Phi) is 4.22. The highest BCUT2D eigenvalue weighted by molar-refractivity contribution is 6.29. The van der Waals surface area contributed by atoms with Crippen molar-refractivity contribution in [3.63, 3.8) is 0 Å². The number of ether oxygens (including phenoxy) is 1. The van der Waals surface area contributed by atoms with Crippen LogP contribution in [0.3, 0.4) is 0 Å². The molecule has 0 spiro atoms. The molecule has 1 saturated heterocycles. The van der Waals surface area contributed by atoms with Crippen LogP contribution in [0.2, 0.25) is 5.15 Å². The normalized spacial score (nSPS) is 17.6. The maximum atomic E-state index is 6.22. The molecule has 0 unspecified atom stereocenters. The lowest BCUT2D eigenvalue weighted by molar-refractivity contribution is 0.0604. The molecular formula is C17H19ClN2O. The van der Waals surface area contributed by atoms with E-state index in [2.05, 4.69) is 36.2 Å². The van der Waals surface area contributed by atoms with E-state index in [1.165, 1.54) is 5.56 Å². The van der Waals surface area contributed by atoms with Gasteiger partial charge in [0.2, 0.25) is 0 Å². The summed E-state index contributed by atoms with van der Waals surface area (Å²) in [6, 6.07) is 12.3. The molecule has 0 bridgehead atoms. The molecule has 1 aliphatic rings. The highest BCUT2D eigenvalue weighted by atomic mass is 35.5. The Morgan fingerprint density at radius 3 is 2.52 bits per heavy atom. The van der Waals surface area contributed by atoms with Gasteiger partial charge in [-0.3, -0.25) is 0 Å². The second kappa shape index (κ2) is 6.12. The van der Waals surface area contributed by atoms with Gasteiger partial charge in [0.1, 0.15) is 11.0 Å². The zero-order valence-corrected chi connectivity index (χ0v) is 12.9. The summed E-state index contributed by atoms with van der Waals surface area (Å²) in [5.74, 6) is 0.835. The number of halogens is 1. The van der Waals surface area contributed by atoms with E-state index in [0.717, 1.165) is 44.0 Å². The van der Waals surface area contributed by atoms with Crippen LogP contribution >= 0.6 is 11.6 Å². The molecule has 0 amide bonds. The fourth-order valence-electron chi connectivity index (χ4n) is 2.98. The molecule has 21 heavy (non-hydrogen) atoms. The molecular weight excluding hydrogens is 284 g/mol. The molecule has 1 aromatic heterocycles. The second-order valence-corrected chi connectivity index (χ2v) is 5.81. The topological polar surface area (TPSA) is 35.0 Å². The van der Waals surface area contributed by atoms with Crippen molar-refractivity contribution >= 4 is 11.6 Å². The van der Waals surface area contributed by atoms with Gasteiger partial charge in [-0.15, -0.1) is 0 Å². The summed E-state index contributed by atoms with van der Waals surface area (Å²) in [5.41, 5.74) is 2.05. The molecule has 1 aromatic carbocycles. The lowest BCUT2D eigenvalue weighted by Crippen LogP contribution is -2.37. The molecule has 110 valence electrons. The standard InChI is InChI=1S/C17H19ClN2O/c1-2-14-12-15(18)20-16(19-14)17(8-10-21-11-9-17)13-6-4-3-5-7-13/h3-7,12H,2,8-11H2,1H3. The van der Waals surface area contributed by atoms with Crippen molar-refractivity contribution in [3.05, 3.63) is 58.6 Å². The number of benzene rings is 1. The summed E-state index contributed by atoms with van der Waals surface area (Å²) in [7, 11) is 0. The first-order valence-electron chi connectivity index (χ1n) is 7.42. The van der Waals surface area contributed by atoms with Crippen LogP contribution in [0.15, 0.2) is 36.4 Å². The zero-order valence-electron chi connectivity index (χ0n) is 12.2. The Morgan fingerprint density at radius 1 is 1.14 bits per heavy atom. The summed E-state index contributed by atoms with van der Waals surface area (Å²) in [6.45, 7) is 3.54. The fraction of sp³-hybridized carbons (Fsp3) is 0.412. The van der Waals surface area contributed by atoms with Crippen molar-refractivity contribution in [2.75, 3.05) is 13.2 Å². The number of hydrogen-bond acceptors (Lipinski definition) is 3. The van der Waals surface area contributed by atoms with Crippen LogP contribution in [0, 0.1) is 0 Å². The lowest BCUT2D eigenvalue weighted by atomic mass is 9.73. The number of nitrogens with zero attached hydrogens (tertiary/aromatic N) is 2. The van der Waals surface area contributed by atoms with Crippen molar-refractivity contribution in [3.8, 4) is 0 Å². The van der Waals surface area contributed by atoms with Gasteiger partial charge < -0.3 is 4.74 Å². The van der Waals surface area contributed by atoms with Crippen molar-refractivity contribution < 1.29 is 4.74 Å². The van der Waals surface area contributed by atoms with Crippen molar-refractivity contribution in [2.45, 2.75) is 31.6 Å². The Labute approximate surface area is 130 Å². The SMILES string of the molecule is CCc1cc(Cl)nc(C2(c3ccccc3)CCOCC2)n1. The largest absolute Gasteiger partial charge is 0.381 e. The van der Waals surface area contributed by atoms with Gasteiger partial charge in [0.05, 0.1) is 5.41 Å². The van der Waals surface area contributed by atoms with Crippen LogP contribution in [0.4, 0.5) is 0 Å². The van der Waals surface area contributed by atoms with Gasteiger partial charge >= 0.3 is 0 Å². The molecule has 0 N–H and O–H groups in total. The summed E-state index contributed by atoms with van der Waals surface area (Å²) in [6.07, 6.45) is 2.64. The van der Waals surface area contributed by atoms with Gasteiger partial charge in [0.25, 0.3) is 0 Å². The predicted octanol–water partition coefficient (Wildman–Crippen LogP) is 3.79. The summed E-state index contributed by atoms with van der Waals surface area (Å²) in [5, 5.41) is 0.527. The van der Waals surface area contributed by atoms with Gasteiger partial charge in [0.15, 0.2) is 0 Å². The molecule has 1 fully saturated rings. The summed E-state index contributed by atoms with van der Waals surface area (Å²) in [4.78, 5) is 9.33. The van der Waals surface area contributed by atoms with Gasteiger partial charge in [0, 0.05) is 18.9 Å². The maximum absolute atomic E-state index is 6.22. The van der Waals surface area contributed by atoms with Crippen molar-refractivity contribution in [2.24, 2.45) is 0 Å². The van der Waals surface area contributed by atoms with Gasteiger partial charge in [-0.25, -0.2) is 9.97 Å². The average molecular weight is 303 g/mol. The predicted molar refractivity (Wildman–Crippen MR) is 83.7 cm³/mol. The average Bonchev–Trinajstić information content (AvgIpc) is 2.55. The number of hydrogen-bond donors (Lipinski definition) is 0. The molecule has 2 aromatic rings. The first-order chi connectivity index (χ1) is 10.2.